The molecule has 1 fully saturated rings. The fraction of sp³-hybridized carbons (Fsp3) is 0.917. The standard InChI is InChI=1S/C12H26N4O2.HI/c1-2-3-4-14-12(13)15-9-11(17)10-16-5-7-18-8-6-16;/h11,17H,2-10H2,1H3,(H3,13,14,15);1H. The normalized spacial score (nSPS) is 18.7. The Kier molecular flexibility index (Phi) is 11.6. The van der Waals surface area contributed by atoms with Gasteiger partial charge in [0.05, 0.1) is 25.9 Å². The quantitative estimate of drug-likeness (QED) is 0.248. The van der Waals surface area contributed by atoms with E-state index in [4.69, 9.17) is 10.5 Å². The molecule has 1 aliphatic heterocycles. The van der Waals surface area contributed by atoms with Crippen LogP contribution in [0.5, 0.6) is 0 Å². The van der Waals surface area contributed by atoms with Gasteiger partial charge in [-0.2, -0.15) is 0 Å². The van der Waals surface area contributed by atoms with E-state index in [9.17, 15) is 5.11 Å². The van der Waals surface area contributed by atoms with Crippen LogP contribution in [0.2, 0.25) is 0 Å². The third-order valence-electron chi connectivity index (χ3n) is 2.88. The molecule has 19 heavy (non-hydrogen) atoms. The molecule has 0 aromatic heterocycles. The highest BCUT2D eigenvalue weighted by Crippen LogP contribution is 1.98. The molecule has 1 unspecified atom stereocenters. The number of aliphatic hydroxyl groups excluding tert-OH is 1. The minimum atomic E-state index is -0.463. The monoisotopic (exact) mass is 386 g/mol. The molecule has 0 aromatic carbocycles. The number of morpholine rings is 1. The highest BCUT2D eigenvalue weighted by atomic mass is 127. The molecule has 0 amide bonds. The van der Waals surface area contributed by atoms with E-state index >= 15 is 0 Å². The third kappa shape index (κ3) is 9.42. The molecule has 4 N–H and O–H groups in total. The van der Waals surface area contributed by atoms with Crippen LogP contribution in [0.25, 0.3) is 0 Å². The summed E-state index contributed by atoms with van der Waals surface area (Å²) in [6.07, 6.45) is 1.74. The summed E-state index contributed by atoms with van der Waals surface area (Å²) in [5.74, 6) is 0.421. The van der Waals surface area contributed by atoms with Crippen molar-refractivity contribution >= 4 is 29.9 Å². The maximum Gasteiger partial charge on any atom is 0.188 e. The molecule has 0 radical (unpaired) electrons. The van der Waals surface area contributed by atoms with Crippen molar-refractivity contribution in [3.05, 3.63) is 0 Å². The van der Waals surface area contributed by atoms with Gasteiger partial charge >= 0.3 is 0 Å². The fourth-order valence-corrected chi connectivity index (χ4v) is 1.79. The first kappa shape index (κ1) is 18.9. The lowest BCUT2D eigenvalue weighted by molar-refractivity contribution is 0.0165. The number of unbranched alkanes of at least 4 members (excludes halogenated alkanes) is 1. The van der Waals surface area contributed by atoms with Crippen molar-refractivity contribution in [3.63, 3.8) is 0 Å². The number of halogens is 1. The van der Waals surface area contributed by atoms with Crippen LogP contribution < -0.4 is 11.1 Å². The minimum Gasteiger partial charge on any atom is -0.390 e. The molecule has 1 aliphatic rings. The average molecular weight is 386 g/mol. The van der Waals surface area contributed by atoms with Gasteiger partial charge in [-0.1, -0.05) is 13.3 Å². The molecule has 0 saturated carbocycles. The molecule has 1 heterocycles. The van der Waals surface area contributed by atoms with Crippen LogP contribution in [0.3, 0.4) is 0 Å². The van der Waals surface area contributed by atoms with Crippen LogP contribution in [-0.4, -0.2) is 68.0 Å². The summed E-state index contributed by atoms with van der Waals surface area (Å²) in [5.41, 5.74) is 5.69. The molecule has 7 heteroatoms. The number of hydrogen-bond acceptors (Lipinski definition) is 4. The summed E-state index contributed by atoms with van der Waals surface area (Å²) >= 11 is 0. The number of ether oxygens (including phenoxy) is 1. The maximum absolute atomic E-state index is 9.85. The zero-order chi connectivity index (χ0) is 13.2. The molecule has 0 bridgehead atoms. The molecule has 1 atom stereocenters. The number of nitrogens with zero attached hydrogens (tertiary/aromatic N) is 2. The predicted octanol–water partition coefficient (Wildman–Crippen LogP) is 0.00190. The van der Waals surface area contributed by atoms with Crippen LogP contribution in [-0.2, 0) is 4.74 Å². The van der Waals surface area contributed by atoms with Gasteiger partial charge in [0, 0.05) is 26.2 Å². The summed E-state index contributed by atoms with van der Waals surface area (Å²) in [7, 11) is 0. The summed E-state index contributed by atoms with van der Waals surface area (Å²) in [6.45, 7) is 7.20. The third-order valence-corrected chi connectivity index (χ3v) is 2.88. The van der Waals surface area contributed by atoms with Crippen molar-refractivity contribution < 1.29 is 9.84 Å². The lowest BCUT2D eigenvalue weighted by Gasteiger charge is -2.28. The van der Waals surface area contributed by atoms with E-state index in [2.05, 4.69) is 22.1 Å². The van der Waals surface area contributed by atoms with Gasteiger partial charge in [-0.15, -0.1) is 24.0 Å². The van der Waals surface area contributed by atoms with Crippen molar-refractivity contribution in [1.82, 2.24) is 10.2 Å². The van der Waals surface area contributed by atoms with Crippen molar-refractivity contribution in [2.45, 2.75) is 25.9 Å². The highest BCUT2D eigenvalue weighted by molar-refractivity contribution is 14.0. The van der Waals surface area contributed by atoms with E-state index in [-0.39, 0.29) is 24.0 Å². The van der Waals surface area contributed by atoms with Crippen LogP contribution >= 0.6 is 24.0 Å². The molecular weight excluding hydrogens is 359 g/mol. The Morgan fingerprint density at radius 3 is 2.79 bits per heavy atom. The van der Waals surface area contributed by atoms with Crippen molar-refractivity contribution in [2.24, 2.45) is 10.7 Å². The largest absolute Gasteiger partial charge is 0.390 e. The SMILES string of the molecule is CCCCNC(N)=NCC(O)CN1CCOCC1.I. The zero-order valence-electron chi connectivity index (χ0n) is 11.7. The van der Waals surface area contributed by atoms with Crippen molar-refractivity contribution in [1.29, 1.82) is 0 Å². The van der Waals surface area contributed by atoms with E-state index in [0.717, 1.165) is 45.7 Å². The summed E-state index contributed by atoms with van der Waals surface area (Å²) in [5, 5.41) is 12.9. The lowest BCUT2D eigenvalue weighted by atomic mass is 10.3. The van der Waals surface area contributed by atoms with E-state index < -0.39 is 6.10 Å². The molecule has 114 valence electrons. The Labute approximate surface area is 132 Å². The Bertz CT molecular complexity index is 248. The van der Waals surface area contributed by atoms with Gasteiger partial charge in [0.15, 0.2) is 5.96 Å². The fourth-order valence-electron chi connectivity index (χ4n) is 1.79. The zero-order valence-corrected chi connectivity index (χ0v) is 14.0. The number of rotatable bonds is 7. The summed E-state index contributed by atoms with van der Waals surface area (Å²) in [6, 6.07) is 0. The Balaban J connectivity index is 0.00000324. The number of aliphatic imine (C=N–C) groups is 1. The van der Waals surface area contributed by atoms with E-state index in [1.165, 1.54) is 0 Å². The molecular formula is C12H27IN4O2. The first-order chi connectivity index (χ1) is 8.72. The molecule has 6 nitrogen and oxygen atoms in total. The number of guanidine groups is 1. The number of nitrogens with one attached hydrogen (secondary N) is 1. The second-order valence-corrected chi connectivity index (χ2v) is 4.57. The average Bonchev–Trinajstić information content (AvgIpc) is 2.38. The molecule has 1 rings (SSSR count). The topological polar surface area (TPSA) is 83.1 Å². The lowest BCUT2D eigenvalue weighted by Crippen LogP contribution is -2.42. The van der Waals surface area contributed by atoms with E-state index in [1.807, 2.05) is 0 Å². The molecule has 0 spiro atoms. The van der Waals surface area contributed by atoms with Gasteiger partial charge < -0.3 is 20.9 Å². The number of β-amino-alcohol motifs (C(OH)–C–C–N with tert-alkyl or cyclic N) is 1. The Morgan fingerprint density at radius 2 is 2.16 bits per heavy atom. The van der Waals surface area contributed by atoms with E-state index in [1.54, 1.807) is 0 Å². The summed E-state index contributed by atoms with van der Waals surface area (Å²) in [4.78, 5) is 6.32. The van der Waals surface area contributed by atoms with Crippen LogP contribution in [0.4, 0.5) is 0 Å². The van der Waals surface area contributed by atoms with Crippen LogP contribution in [0, 0.1) is 0 Å². The smallest absolute Gasteiger partial charge is 0.188 e. The van der Waals surface area contributed by atoms with Crippen molar-refractivity contribution in [2.75, 3.05) is 45.9 Å². The highest BCUT2D eigenvalue weighted by Gasteiger charge is 2.14. The number of nitrogens with two attached hydrogens (primary N) is 1. The molecule has 1 saturated heterocycles. The van der Waals surface area contributed by atoms with Crippen LogP contribution in [0.1, 0.15) is 19.8 Å². The van der Waals surface area contributed by atoms with Crippen LogP contribution in [0.15, 0.2) is 4.99 Å². The van der Waals surface area contributed by atoms with Crippen molar-refractivity contribution in [3.8, 4) is 0 Å². The Morgan fingerprint density at radius 1 is 1.47 bits per heavy atom. The Hall–Kier alpha value is -0.120. The first-order valence-corrected chi connectivity index (χ1v) is 6.74. The number of hydrogen-bond donors (Lipinski definition) is 3. The first-order valence-electron chi connectivity index (χ1n) is 6.74. The predicted molar refractivity (Wildman–Crippen MR) is 88.1 cm³/mol. The second kappa shape index (κ2) is 11.7. The summed E-state index contributed by atoms with van der Waals surface area (Å²) < 4.78 is 5.25. The van der Waals surface area contributed by atoms with Gasteiger partial charge in [0.1, 0.15) is 0 Å². The van der Waals surface area contributed by atoms with Gasteiger partial charge in [0.2, 0.25) is 0 Å². The number of aliphatic hydroxyl groups is 1. The molecule has 0 aliphatic carbocycles. The second-order valence-electron chi connectivity index (χ2n) is 4.57. The van der Waals surface area contributed by atoms with Gasteiger partial charge in [-0.25, -0.2) is 0 Å². The van der Waals surface area contributed by atoms with Gasteiger partial charge in [-0.3, -0.25) is 9.89 Å². The van der Waals surface area contributed by atoms with E-state index in [0.29, 0.717) is 19.0 Å². The van der Waals surface area contributed by atoms with Gasteiger partial charge in [0.25, 0.3) is 0 Å². The minimum absolute atomic E-state index is 0. The maximum atomic E-state index is 9.85. The molecule has 0 aromatic rings. The van der Waals surface area contributed by atoms with Gasteiger partial charge in [-0.05, 0) is 6.42 Å².